The lowest BCUT2D eigenvalue weighted by atomic mass is 9.79. The Hall–Kier alpha value is -1.40. The molecule has 0 unspecified atom stereocenters. The Bertz CT molecular complexity index is 453. The minimum absolute atomic E-state index is 0.00664. The molecular formula is C17H30N2O4. The highest BCUT2D eigenvalue weighted by atomic mass is 16.5. The lowest BCUT2D eigenvalue weighted by Gasteiger charge is -2.51. The summed E-state index contributed by atoms with van der Waals surface area (Å²) in [5, 5.41) is 14.5. The van der Waals surface area contributed by atoms with E-state index in [-0.39, 0.29) is 18.4 Å². The first kappa shape index (κ1) is 19.6. The number of carbonyl (C=O) groups excluding carboxylic acids is 2. The van der Waals surface area contributed by atoms with E-state index in [1.54, 1.807) is 6.92 Å². The molecule has 1 fully saturated rings. The van der Waals surface area contributed by atoms with Crippen molar-refractivity contribution < 1.29 is 19.5 Å². The number of hydroxylamine groups is 2. The molecule has 23 heavy (non-hydrogen) atoms. The van der Waals surface area contributed by atoms with Crippen molar-refractivity contribution in [1.82, 2.24) is 10.4 Å². The van der Waals surface area contributed by atoms with Crippen LogP contribution in [0.25, 0.3) is 0 Å². The molecule has 0 saturated carbocycles. The van der Waals surface area contributed by atoms with Gasteiger partial charge in [0.05, 0.1) is 6.61 Å². The molecule has 1 aliphatic heterocycles. The Kier molecular flexibility index (Phi) is 6.36. The Morgan fingerprint density at radius 1 is 1.26 bits per heavy atom. The van der Waals surface area contributed by atoms with Crippen molar-refractivity contribution in [2.45, 2.75) is 77.4 Å². The molecule has 6 nitrogen and oxygen atoms in total. The normalized spacial score (nSPS) is 20.8. The SMILES string of the molecule is C=C(C)C(=O)CCCOC(=O)NC1CC(C)(C)N(O)C(C)(C)C1. The van der Waals surface area contributed by atoms with E-state index < -0.39 is 17.2 Å². The Morgan fingerprint density at radius 3 is 2.26 bits per heavy atom. The van der Waals surface area contributed by atoms with Crippen LogP contribution in [0, 0.1) is 0 Å². The molecule has 0 aromatic heterocycles. The van der Waals surface area contributed by atoms with Gasteiger partial charge in [0.2, 0.25) is 0 Å². The van der Waals surface area contributed by atoms with Crippen molar-refractivity contribution in [3.8, 4) is 0 Å². The molecule has 1 aliphatic rings. The van der Waals surface area contributed by atoms with Gasteiger partial charge in [-0.25, -0.2) is 4.79 Å². The number of ketones is 1. The smallest absolute Gasteiger partial charge is 0.407 e. The number of nitrogens with zero attached hydrogens (tertiary/aromatic N) is 1. The zero-order chi connectivity index (χ0) is 17.8. The molecule has 0 aliphatic carbocycles. The first-order valence-electron chi connectivity index (χ1n) is 8.07. The molecule has 1 amide bonds. The highest BCUT2D eigenvalue weighted by Gasteiger charge is 2.45. The summed E-state index contributed by atoms with van der Waals surface area (Å²) in [5.74, 6) is -0.00664. The second-order valence-electron chi connectivity index (χ2n) is 7.63. The average molecular weight is 326 g/mol. The van der Waals surface area contributed by atoms with Gasteiger partial charge < -0.3 is 15.3 Å². The number of ether oxygens (including phenoxy) is 1. The zero-order valence-corrected chi connectivity index (χ0v) is 14.9. The number of piperidine rings is 1. The fraction of sp³-hybridized carbons (Fsp3) is 0.765. The summed E-state index contributed by atoms with van der Waals surface area (Å²) >= 11 is 0. The topological polar surface area (TPSA) is 78.9 Å². The minimum atomic E-state index is -0.476. The van der Waals surface area contributed by atoms with E-state index in [0.717, 1.165) is 0 Å². The van der Waals surface area contributed by atoms with Gasteiger partial charge in [0.25, 0.3) is 0 Å². The number of Topliss-reactive ketones (excluding diaryl/α,β-unsaturated/α-hetero) is 1. The number of amides is 1. The molecule has 0 bridgehead atoms. The summed E-state index contributed by atoms with van der Waals surface area (Å²) in [4.78, 5) is 23.3. The molecule has 0 radical (unpaired) electrons. The zero-order valence-electron chi connectivity index (χ0n) is 14.9. The van der Waals surface area contributed by atoms with Gasteiger partial charge in [0, 0.05) is 23.5 Å². The third-order valence-electron chi connectivity index (χ3n) is 4.22. The molecule has 1 rings (SSSR count). The van der Waals surface area contributed by atoms with E-state index in [1.165, 1.54) is 5.06 Å². The van der Waals surface area contributed by atoms with Gasteiger partial charge in [-0.1, -0.05) is 6.58 Å². The number of carbonyl (C=O) groups is 2. The fourth-order valence-corrected chi connectivity index (χ4v) is 3.19. The average Bonchev–Trinajstić information content (AvgIpc) is 2.39. The number of rotatable bonds is 6. The summed E-state index contributed by atoms with van der Waals surface area (Å²) < 4.78 is 5.13. The molecule has 1 saturated heterocycles. The molecule has 2 N–H and O–H groups in total. The van der Waals surface area contributed by atoms with Crippen molar-refractivity contribution in [1.29, 1.82) is 0 Å². The van der Waals surface area contributed by atoms with Gasteiger partial charge in [-0.3, -0.25) is 4.79 Å². The summed E-state index contributed by atoms with van der Waals surface area (Å²) in [6.45, 7) is 13.2. The van der Waals surface area contributed by atoms with E-state index in [0.29, 0.717) is 31.3 Å². The number of allylic oxidation sites excluding steroid dienone is 1. The van der Waals surface area contributed by atoms with E-state index in [1.807, 2.05) is 27.7 Å². The van der Waals surface area contributed by atoms with Gasteiger partial charge in [0.15, 0.2) is 5.78 Å². The van der Waals surface area contributed by atoms with Gasteiger partial charge in [0.1, 0.15) is 0 Å². The van der Waals surface area contributed by atoms with Crippen LogP contribution < -0.4 is 5.32 Å². The van der Waals surface area contributed by atoms with Crippen molar-refractivity contribution in [2.75, 3.05) is 6.61 Å². The number of hydrogen-bond acceptors (Lipinski definition) is 5. The largest absolute Gasteiger partial charge is 0.450 e. The van der Waals surface area contributed by atoms with Crippen molar-refractivity contribution in [2.24, 2.45) is 0 Å². The quantitative estimate of drug-likeness (QED) is 0.579. The second kappa shape index (κ2) is 7.45. The first-order valence-corrected chi connectivity index (χ1v) is 8.07. The van der Waals surface area contributed by atoms with Gasteiger partial charge in [-0.2, -0.15) is 5.06 Å². The monoisotopic (exact) mass is 326 g/mol. The third-order valence-corrected chi connectivity index (χ3v) is 4.22. The third kappa shape index (κ3) is 5.62. The Labute approximate surface area is 138 Å². The van der Waals surface area contributed by atoms with E-state index in [9.17, 15) is 14.8 Å². The maximum atomic E-state index is 11.9. The second-order valence-corrected chi connectivity index (χ2v) is 7.63. The molecule has 0 atom stereocenters. The van der Waals surface area contributed by atoms with Crippen LogP contribution in [0.15, 0.2) is 12.2 Å². The van der Waals surface area contributed by atoms with Crippen molar-refractivity contribution >= 4 is 11.9 Å². The first-order chi connectivity index (χ1) is 10.5. The fourth-order valence-electron chi connectivity index (χ4n) is 3.19. The van der Waals surface area contributed by atoms with Gasteiger partial charge in [-0.15, -0.1) is 0 Å². The number of alkyl carbamates (subject to hydrolysis) is 1. The van der Waals surface area contributed by atoms with Gasteiger partial charge in [-0.05, 0) is 59.5 Å². The van der Waals surface area contributed by atoms with Crippen molar-refractivity contribution in [3.63, 3.8) is 0 Å². The lowest BCUT2D eigenvalue weighted by Crippen LogP contribution is -2.63. The van der Waals surface area contributed by atoms with Crippen LogP contribution in [-0.4, -0.2) is 45.9 Å². The predicted octanol–water partition coefficient (Wildman–Crippen LogP) is 3.05. The Morgan fingerprint density at radius 2 is 1.78 bits per heavy atom. The molecular weight excluding hydrogens is 296 g/mol. The molecule has 0 aromatic carbocycles. The van der Waals surface area contributed by atoms with E-state index in [4.69, 9.17) is 4.74 Å². The highest BCUT2D eigenvalue weighted by molar-refractivity contribution is 5.94. The van der Waals surface area contributed by atoms with Crippen LogP contribution in [0.5, 0.6) is 0 Å². The maximum Gasteiger partial charge on any atom is 0.407 e. The summed E-state index contributed by atoms with van der Waals surface area (Å²) in [7, 11) is 0. The molecule has 0 spiro atoms. The van der Waals surface area contributed by atoms with Crippen LogP contribution in [0.1, 0.15) is 60.3 Å². The summed E-state index contributed by atoms with van der Waals surface area (Å²) in [5.41, 5.74) is -0.323. The summed E-state index contributed by atoms with van der Waals surface area (Å²) in [6.07, 6.45) is 1.62. The molecule has 0 aromatic rings. The van der Waals surface area contributed by atoms with E-state index >= 15 is 0 Å². The van der Waals surface area contributed by atoms with Crippen LogP contribution in [0.2, 0.25) is 0 Å². The number of hydrogen-bond donors (Lipinski definition) is 2. The molecule has 132 valence electrons. The minimum Gasteiger partial charge on any atom is -0.450 e. The van der Waals surface area contributed by atoms with E-state index in [2.05, 4.69) is 11.9 Å². The maximum absolute atomic E-state index is 11.9. The predicted molar refractivity (Wildman–Crippen MR) is 88.3 cm³/mol. The van der Waals surface area contributed by atoms with Crippen LogP contribution in [-0.2, 0) is 9.53 Å². The van der Waals surface area contributed by atoms with Crippen LogP contribution in [0.3, 0.4) is 0 Å². The van der Waals surface area contributed by atoms with Crippen LogP contribution >= 0.6 is 0 Å². The molecule has 1 heterocycles. The number of nitrogens with one attached hydrogen (secondary N) is 1. The highest BCUT2D eigenvalue weighted by Crippen LogP contribution is 2.36. The van der Waals surface area contributed by atoms with Crippen LogP contribution in [0.4, 0.5) is 4.79 Å². The standard InChI is InChI=1S/C17H30N2O4/c1-12(2)14(20)8-7-9-23-15(21)18-13-10-16(3,4)19(22)17(5,6)11-13/h13,22H,1,7-11H2,2-6H3,(H,18,21). The lowest BCUT2D eigenvalue weighted by molar-refractivity contribution is -0.245. The van der Waals surface area contributed by atoms with Gasteiger partial charge >= 0.3 is 6.09 Å². The summed E-state index contributed by atoms with van der Waals surface area (Å²) in [6, 6.07) is -0.0621. The molecule has 6 heteroatoms. The van der Waals surface area contributed by atoms with Crippen molar-refractivity contribution in [3.05, 3.63) is 12.2 Å². The Balaban J connectivity index is 2.40.